The second kappa shape index (κ2) is 7.51. The molecule has 0 N–H and O–H groups in total. The Morgan fingerprint density at radius 2 is 2.05 bits per heavy atom. The molecule has 1 aromatic rings. The zero-order valence-corrected chi connectivity index (χ0v) is 11.2. The van der Waals surface area contributed by atoms with E-state index in [1.54, 1.807) is 6.92 Å². The van der Waals surface area contributed by atoms with Gasteiger partial charge in [-0.3, -0.25) is 14.4 Å². The maximum atomic E-state index is 12.1. The molecule has 1 aromatic heterocycles. The lowest BCUT2D eigenvalue weighted by Gasteiger charge is -2.12. The Labute approximate surface area is 111 Å². The number of hydrogen-bond donors (Lipinski definition) is 0. The summed E-state index contributed by atoms with van der Waals surface area (Å²) >= 11 is 0. The van der Waals surface area contributed by atoms with Gasteiger partial charge in [0, 0.05) is 12.8 Å². The number of esters is 1. The summed E-state index contributed by atoms with van der Waals surface area (Å²) in [7, 11) is 0. The number of carbonyl (C=O) groups excluding carboxylic acids is 3. The van der Waals surface area contributed by atoms with E-state index in [4.69, 9.17) is 9.15 Å². The van der Waals surface area contributed by atoms with Crippen molar-refractivity contribution in [2.45, 2.75) is 33.1 Å². The topological polar surface area (TPSA) is 73.6 Å². The number of ketones is 2. The highest BCUT2D eigenvalue weighted by Crippen LogP contribution is 2.17. The van der Waals surface area contributed by atoms with Gasteiger partial charge in [0.2, 0.25) is 0 Å². The molecule has 0 saturated heterocycles. The highest BCUT2D eigenvalue weighted by molar-refractivity contribution is 6.10. The number of rotatable bonds is 8. The van der Waals surface area contributed by atoms with Crippen molar-refractivity contribution < 1.29 is 23.5 Å². The SMILES string of the molecule is CCCC(=O)CC(C(=O)OCC)C(=O)c1ccoc1. The zero-order chi connectivity index (χ0) is 14.3. The molecule has 1 heterocycles. The zero-order valence-electron chi connectivity index (χ0n) is 11.2. The van der Waals surface area contributed by atoms with Crippen molar-refractivity contribution >= 4 is 17.5 Å². The Hall–Kier alpha value is -1.91. The van der Waals surface area contributed by atoms with Crippen molar-refractivity contribution in [3.63, 3.8) is 0 Å². The lowest BCUT2D eigenvalue weighted by atomic mass is 9.93. The van der Waals surface area contributed by atoms with Gasteiger partial charge in [0.1, 0.15) is 18.0 Å². The molecule has 19 heavy (non-hydrogen) atoms. The Kier molecular flexibility index (Phi) is 5.99. The first-order valence-corrected chi connectivity index (χ1v) is 6.34. The minimum Gasteiger partial charge on any atom is -0.472 e. The predicted molar refractivity (Wildman–Crippen MR) is 67.7 cm³/mol. The van der Waals surface area contributed by atoms with Crippen molar-refractivity contribution in [1.29, 1.82) is 0 Å². The first-order chi connectivity index (χ1) is 9.10. The second-order valence-electron chi connectivity index (χ2n) is 4.17. The van der Waals surface area contributed by atoms with Gasteiger partial charge in [0.05, 0.1) is 18.4 Å². The minimum absolute atomic E-state index is 0.114. The fourth-order valence-electron chi connectivity index (χ4n) is 1.74. The highest BCUT2D eigenvalue weighted by Gasteiger charge is 2.31. The van der Waals surface area contributed by atoms with Crippen molar-refractivity contribution in [2.75, 3.05) is 6.61 Å². The maximum Gasteiger partial charge on any atom is 0.317 e. The normalized spacial score (nSPS) is 11.9. The molecule has 1 rings (SSSR count). The molecule has 104 valence electrons. The van der Waals surface area contributed by atoms with E-state index in [1.807, 2.05) is 6.92 Å². The summed E-state index contributed by atoms with van der Waals surface area (Å²) < 4.78 is 9.68. The summed E-state index contributed by atoms with van der Waals surface area (Å²) in [5.74, 6) is -2.27. The van der Waals surface area contributed by atoms with E-state index in [-0.39, 0.29) is 24.4 Å². The average Bonchev–Trinajstić information content (AvgIpc) is 2.89. The third kappa shape index (κ3) is 4.35. The van der Waals surface area contributed by atoms with Crippen molar-refractivity contribution in [2.24, 2.45) is 5.92 Å². The van der Waals surface area contributed by atoms with Crippen molar-refractivity contribution in [3.05, 3.63) is 24.2 Å². The van der Waals surface area contributed by atoms with Crippen LogP contribution in [0.5, 0.6) is 0 Å². The second-order valence-corrected chi connectivity index (χ2v) is 4.17. The third-order valence-corrected chi connectivity index (χ3v) is 2.65. The van der Waals surface area contributed by atoms with Crippen molar-refractivity contribution in [1.82, 2.24) is 0 Å². The Bertz CT molecular complexity index is 433. The van der Waals surface area contributed by atoms with E-state index in [2.05, 4.69) is 0 Å². The molecule has 5 nitrogen and oxygen atoms in total. The lowest BCUT2D eigenvalue weighted by Crippen LogP contribution is -2.28. The number of hydrogen-bond acceptors (Lipinski definition) is 5. The van der Waals surface area contributed by atoms with Crippen LogP contribution in [-0.2, 0) is 14.3 Å². The molecule has 5 heteroatoms. The number of carbonyl (C=O) groups is 3. The van der Waals surface area contributed by atoms with E-state index in [0.29, 0.717) is 12.8 Å². The van der Waals surface area contributed by atoms with Crippen LogP contribution in [0.3, 0.4) is 0 Å². The summed E-state index contributed by atoms with van der Waals surface area (Å²) in [6.07, 6.45) is 3.54. The highest BCUT2D eigenvalue weighted by atomic mass is 16.5. The van der Waals surface area contributed by atoms with Gasteiger partial charge in [-0.25, -0.2) is 0 Å². The van der Waals surface area contributed by atoms with E-state index in [0.717, 1.165) is 0 Å². The van der Waals surface area contributed by atoms with Crippen LogP contribution >= 0.6 is 0 Å². The molecule has 1 unspecified atom stereocenters. The van der Waals surface area contributed by atoms with Crippen LogP contribution in [0.1, 0.15) is 43.5 Å². The number of furan rings is 1. The predicted octanol–water partition coefficient (Wildman–Crippen LogP) is 2.40. The fraction of sp³-hybridized carbons (Fsp3) is 0.500. The van der Waals surface area contributed by atoms with Crippen LogP contribution in [-0.4, -0.2) is 24.1 Å². The van der Waals surface area contributed by atoms with Gasteiger partial charge in [0.25, 0.3) is 0 Å². The standard InChI is InChI=1S/C14H18O5/c1-3-5-11(15)8-12(14(17)19-4-2)13(16)10-6-7-18-9-10/h6-7,9,12H,3-5,8H2,1-2H3. The van der Waals surface area contributed by atoms with E-state index in [9.17, 15) is 14.4 Å². The first kappa shape index (κ1) is 15.1. The monoisotopic (exact) mass is 266 g/mol. The van der Waals surface area contributed by atoms with Crippen LogP contribution in [0, 0.1) is 5.92 Å². The Morgan fingerprint density at radius 1 is 1.32 bits per heavy atom. The molecule has 1 atom stereocenters. The summed E-state index contributed by atoms with van der Waals surface area (Å²) in [6.45, 7) is 3.70. The molecule has 0 spiro atoms. The molecule has 0 aliphatic heterocycles. The van der Waals surface area contributed by atoms with Crippen molar-refractivity contribution in [3.8, 4) is 0 Å². The number of Topliss-reactive ketones (excluding diaryl/α,β-unsaturated/α-hetero) is 2. The summed E-state index contributed by atoms with van der Waals surface area (Å²) in [5.41, 5.74) is 0.280. The van der Waals surface area contributed by atoms with Gasteiger partial charge in [0.15, 0.2) is 5.78 Å². The largest absolute Gasteiger partial charge is 0.472 e. The van der Waals surface area contributed by atoms with Crippen LogP contribution in [0.15, 0.2) is 23.0 Å². The van der Waals surface area contributed by atoms with Crippen LogP contribution in [0.2, 0.25) is 0 Å². The first-order valence-electron chi connectivity index (χ1n) is 6.34. The van der Waals surface area contributed by atoms with Gasteiger partial charge in [-0.15, -0.1) is 0 Å². The van der Waals surface area contributed by atoms with E-state index < -0.39 is 17.7 Å². The van der Waals surface area contributed by atoms with Gasteiger partial charge < -0.3 is 9.15 Å². The quantitative estimate of drug-likeness (QED) is 0.410. The fourth-order valence-corrected chi connectivity index (χ4v) is 1.74. The Balaban J connectivity index is 2.83. The third-order valence-electron chi connectivity index (χ3n) is 2.65. The van der Waals surface area contributed by atoms with Crippen LogP contribution < -0.4 is 0 Å². The lowest BCUT2D eigenvalue weighted by molar-refractivity contribution is -0.147. The maximum absolute atomic E-state index is 12.1. The molecule has 0 saturated carbocycles. The smallest absolute Gasteiger partial charge is 0.317 e. The molecule has 0 aliphatic carbocycles. The van der Waals surface area contributed by atoms with Gasteiger partial charge in [-0.05, 0) is 19.4 Å². The summed E-state index contributed by atoms with van der Waals surface area (Å²) in [6, 6.07) is 1.47. The molecule has 0 fully saturated rings. The molecular formula is C14H18O5. The van der Waals surface area contributed by atoms with E-state index >= 15 is 0 Å². The molecule has 0 aliphatic rings. The van der Waals surface area contributed by atoms with Gasteiger partial charge in [-0.2, -0.15) is 0 Å². The van der Waals surface area contributed by atoms with Gasteiger partial charge >= 0.3 is 5.97 Å². The van der Waals surface area contributed by atoms with Crippen LogP contribution in [0.4, 0.5) is 0 Å². The average molecular weight is 266 g/mol. The van der Waals surface area contributed by atoms with Gasteiger partial charge in [-0.1, -0.05) is 6.92 Å². The van der Waals surface area contributed by atoms with E-state index in [1.165, 1.54) is 18.6 Å². The minimum atomic E-state index is -1.07. The number of ether oxygens (including phenoxy) is 1. The molecule has 0 amide bonds. The summed E-state index contributed by atoms with van der Waals surface area (Å²) in [4.78, 5) is 35.6. The Morgan fingerprint density at radius 3 is 2.58 bits per heavy atom. The van der Waals surface area contributed by atoms with Crippen LogP contribution in [0.25, 0.3) is 0 Å². The molecule has 0 bridgehead atoms. The summed E-state index contributed by atoms with van der Waals surface area (Å²) in [5, 5.41) is 0. The molecule has 0 aromatic carbocycles. The molecular weight excluding hydrogens is 248 g/mol. The molecule has 0 radical (unpaired) electrons.